The Labute approximate surface area is 283 Å². The molecule has 5 aromatic rings. The molecule has 5 rings (SSSR count). The van der Waals surface area contributed by atoms with Gasteiger partial charge in [-0.15, -0.1) is 0 Å². The first-order chi connectivity index (χ1) is 21.6. The van der Waals surface area contributed by atoms with E-state index in [9.17, 15) is 13.2 Å². The van der Waals surface area contributed by atoms with Crippen LogP contribution in [0.25, 0.3) is 32.7 Å². The third-order valence-electron chi connectivity index (χ3n) is 8.13. The minimum Gasteiger partial charge on any atom is -0.462 e. The molecule has 0 unspecified atom stereocenters. The van der Waals surface area contributed by atoms with Gasteiger partial charge in [0.15, 0.2) is 7.14 Å². The molecule has 0 radical (unpaired) electrons. The molecule has 0 aromatic heterocycles. The maximum absolute atomic E-state index is 13.5. The third kappa shape index (κ3) is 8.17. The number of hydrogen-bond donors (Lipinski definition) is 1. The molecular formula is C39H42IO5S+. The van der Waals surface area contributed by atoms with E-state index in [0.29, 0.717) is 12.0 Å². The largest absolute Gasteiger partial charge is 0.462 e. The molecule has 0 spiro atoms. The van der Waals surface area contributed by atoms with E-state index in [2.05, 4.69) is 102 Å². The van der Waals surface area contributed by atoms with Crippen molar-refractivity contribution in [2.45, 2.75) is 65.2 Å². The molecule has 0 saturated heterocycles. The molecule has 0 atom stereocenters. The van der Waals surface area contributed by atoms with E-state index in [1.807, 2.05) is 30.3 Å². The van der Waals surface area contributed by atoms with E-state index in [-0.39, 0.29) is 50.8 Å². The summed E-state index contributed by atoms with van der Waals surface area (Å²) in [7, 11) is -4.04. The predicted octanol–water partition coefficient (Wildman–Crippen LogP) is 6.21. The summed E-state index contributed by atoms with van der Waals surface area (Å²) in [6.07, 6.45) is 0.555. The third-order valence-corrected chi connectivity index (χ3v) is 11.6. The number of unbranched alkanes of at least 4 members (excludes halogenated alkanes) is 1. The van der Waals surface area contributed by atoms with Crippen molar-refractivity contribution in [3.63, 3.8) is 0 Å². The van der Waals surface area contributed by atoms with Crippen molar-refractivity contribution in [1.82, 2.24) is 0 Å². The van der Waals surface area contributed by atoms with Gasteiger partial charge in [0, 0.05) is 0 Å². The quantitative estimate of drug-likeness (QED) is 0.0638. The number of carbonyl (C=O) groups is 1. The molecule has 240 valence electrons. The van der Waals surface area contributed by atoms with E-state index in [4.69, 9.17) is 9.29 Å². The number of rotatable bonds is 9. The van der Waals surface area contributed by atoms with Crippen molar-refractivity contribution in [3.8, 4) is 11.1 Å². The van der Waals surface area contributed by atoms with E-state index in [0.717, 1.165) is 27.1 Å². The molecule has 0 saturated carbocycles. The second kappa shape index (κ2) is 13.5. The van der Waals surface area contributed by atoms with E-state index >= 15 is 0 Å². The van der Waals surface area contributed by atoms with Crippen molar-refractivity contribution >= 4 is 37.6 Å². The number of fused-ring (bicyclic) bond motifs is 2. The summed E-state index contributed by atoms with van der Waals surface area (Å²) in [6, 6.07) is 32.2. The van der Waals surface area contributed by atoms with E-state index in [1.165, 1.54) is 23.8 Å². The lowest BCUT2D eigenvalue weighted by Crippen LogP contribution is -3.61. The lowest BCUT2D eigenvalue weighted by Gasteiger charge is -2.23. The average Bonchev–Trinajstić information content (AvgIpc) is 2.98. The van der Waals surface area contributed by atoms with Crippen LogP contribution in [0.4, 0.5) is 0 Å². The summed E-state index contributed by atoms with van der Waals surface area (Å²) in [5.74, 6) is -0.797. The zero-order valence-corrected chi connectivity index (χ0v) is 30.3. The summed E-state index contributed by atoms with van der Waals surface area (Å²) < 4.78 is 39.4. The van der Waals surface area contributed by atoms with Crippen LogP contribution in [-0.4, -0.2) is 31.3 Å². The first-order valence-corrected chi connectivity index (χ1v) is 19.3. The van der Waals surface area contributed by atoms with Crippen molar-refractivity contribution in [3.05, 3.63) is 115 Å². The molecule has 0 fully saturated rings. The standard InChI is InChI=1S/C39H41IO5S/c1-38(2,3)29-14-16-30(17-15-29)40-31-18-20-35(39(4,5)6)34(25-31)27-13-19-33-28(24-27)23-26-11-7-8-12-32(26)36(33)37(41)45-21-9-10-22-46(42,43)44/h7-8,11-20,23-25H,9-10,21-22H2,1-6H3/p+1. The van der Waals surface area contributed by atoms with Gasteiger partial charge in [-0.1, -0.05) is 96.1 Å². The van der Waals surface area contributed by atoms with Crippen LogP contribution < -0.4 is 21.2 Å². The van der Waals surface area contributed by atoms with Crippen LogP contribution in [-0.2, 0) is 25.7 Å². The molecule has 5 nitrogen and oxygen atoms in total. The fourth-order valence-corrected chi connectivity index (χ4v) is 8.52. The predicted molar refractivity (Wildman–Crippen MR) is 184 cm³/mol. The van der Waals surface area contributed by atoms with Crippen LogP contribution in [0.3, 0.4) is 0 Å². The minimum absolute atomic E-state index is 0.0663. The van der Waals surface area contributed by atoms with Gasteiger partial charge in [0.2, 0.25) is 0 Å². The Bertz CT molecular complexity index is 2000. The van der Waals surface area contributed by atoms with Gasteiger partial charge in [0.1, 0.15) is 0 Å². The van der Waals surface area contributed by atoms with Gasteiger partial charge in [-0.2, -0.15) is 8.42 Å². The normalized spacial score (nSPS) is 12.5. The SMILES string of the molecule is CC(C)(C)c1ccc([I+]c2ccc(C(C)(C)C)c(-c3ccc4c(C(=O)OCCCCS(=O)(=O)O)c5ccccc5cc4c3)c2)cc1. The first-order valence-electron chi connectivity index (χ1n) is 15.6. The number of hydrogen-bond acceptors (Lipinski definition) is 4. The second-order valence-electron chi connectivity index (χ2n) is 13.8. The number of halogens is 1. The summed E-state index contributed by atoms with van der Waals surface area (Å²) in [6.45, 7) is 13.5. The van der Waals surface area contributed by atoms with Crippen molar-refractivity contribution in [2.75, 3.05) is 12.4 Å². The highest BCUT2D eigenvalue weighted by atomic mass is 127. The first kappa shape index (κ1) is 34.1. The highest BCUT2D eigenvalue weighted by Gasteiger charge is 2.25. The van der Waals surface area contributed by atoms with Gasteiger partial charge in [-0.25, -0.2) is 4.79 Å². The maximum atomic E-state index is 13.5. The Balaban J connectivity index is 1.52. The Hall–Kier alpha value is -3.27. The molecule has 1 N–H and O–H groups in total. The van der Waals surface area contributed by atoms with Gasteiger partial charge in [-0.05, 0) is 104 Å². The number of ether oxygens (including phenoxy) is 1. The molecule has 0 aliphatic carbocycles. The zero-order valence-electron chi connectivity index (χ0n) is 27.4. The summed E-state index contributed by atoms with van der Waals surface area (Å²) in [4.78, 5) is 13.5. The van der Waals surface area contributed by atoms with Crippen molar-refractivity contribution in [1.29, 1.82) is 0 Å². The lowest BCUT2D eigenvalue weighted by atomic mass is 9.81. The Morgan fingerprint density at radius 2 is 1.41 bits per heavy atom. The summed E-state index contributed by atoms with van der Waals surface area (Å²) in [5, 5.41) is 3.52. The Morgan fingerprint density at radius 1 is 0.739 bits per heavy atom. The number of benzene rings is 5. The highest BCUT2D eigenvalue weighted by Crippen LogP contribution is 2.36. The van der Waals surface area contributed by atoms with E-state index < -0.39 is 16.1 Å². The maximum Gasteiger partial charge on any atom is 0.357 e. The Morgan fingerprint density at radius 3 is 2.09 bits per heavy atom. The fourth-order valence-electron chi connectivity index (χ4n) is 5.69. The molecule has 0 amide bonds. The smallest absolute Gasteiger partial charge is 0.357 e. The fraction of sp³-hybridized carbons (Fsp3) is 0.308. The van der Waals surface area contributed by atoms with Gasteiger partial charge in [0.25, 0.3) is 10.1 Å². The molecule has 7 heteroatoms. The van der Waals surface area contributed by atoms with Crippen LogP contribution in [0.5, 0.6) is 0 Å². The van der Waals surface area contributed by atoms with Crippen LogP contribution >= 0.6 is 0 Å². The Kier molecular flexibility index (Phi) is 9.97. The van der Waals surface area contributed by atoms with Gasteiger partial charge in [-0.3, -0.25) is 4.55 Å². The molecule has 0 bridgehead atoms. The molecule has 0 aliphatic rings. The monoisotopic (exact) mass is 749 g/mol. The number of carbonyl (C=O) groups excluding carboxylic acids is 1. The molecular weight excluding hydrogens is 707 g/mol. The summed E-state index contributed by atoms with van der Waals surface area (Å²) in [5.41, 5.74) is 5.48. The second-order valence-corrected chi connectivity index (χ2v) is 18.4. The van der Waals surface area contributed by atoms with Crippen LogP contribution in [0, 0.1) is 7.14 Å². The van der Waals surface area contributed by atoms with Crippen molar-refractivity contribution in [2.24, 2.45) is 0 Å². The van der Waals surface area contributed by atoms with Gasteiger partial charge in [0.05, 0.1) is 17.9 Å². The minimum atomic E-state index is -4.04. The molecule has 0 heterocycles. The zero-order chi connectivity index (χ0) is 33.3. The van der Waals surface area contributed by atoms with Gasteiger partial charge < -0.3 is 4.74 Å². The summed E-state index contributed by atoms with van der Waals surface area (Å²) >= 11 is -0.377. The van der Waals surface area contributed by atoms with Crippen LogP contribution in [0.15, 0.2) is 91.0 Å². The topological polar surface area (TPSA) is 80.7 Å². The van der Waals surface area contributed by atoms with Gasteiger partial charge >= 0.3 is 27.2 Å². The molecule has 46 heavy (non-hydrogen) atoms. The van der Waals surface area contributed by atoms with E-state index in [1.54, 1.807) is 0 Å². The molecule has 0 aliphatic heterocycles. The average molecular weight is 750 g/mol. The van der Waals surface area contributed by atoms with Crippen molar-refractivity contribution < 1.29 is 43.7 Å². The highest BCUT2D eigenvalue weighted by molar-refractivity contribution is 7.85. The van der Waals surface area contributed by atoms with Crippen LogP contribution in [0.1, 0.15) is 75.9 Å². The van der Waals surface area contributed by atoms with Crippen LogP contribution in [0.2, 0.25) is 0 Å². The lowest BCUT2D eigenvalue weighted by molar-refractivity contribution is -0.597. The number of esters is 1. The molecule has 5 aromatic carbocycles.